The molecule has 0 spiro atoms. The second kappa shape index (κ2) is 7.81. The Balaban J connectivity index is 2.90. The first kappa shape index (κ1) is 17.2. The lowest BCUT2D eigenvalue weighted by Crippen LogP contribution is -2.41. The summed E-state index contributed by atoms with van der Waals surface area (Å²) in [6.45, 7) is 9.54. The number of amides is 2. The summed E-state index contributed by atoms with van der Waals surface area (Å²) in [5.41, 5.74) is 3.16. The van der Waals surface area contributed by atoms with Crippen LogP contribution >= 0.6 is 0 Å². The SMILES string of the molecule is CCc1cccc(CC)c1NC(=O)CN(C(C)=O)C(C)C. The first-order chi connectivity index (χ1) is 9.90. The Kier molecular flexibility index (Phi) is 6.40. The summed E-state index contributed by atoms with van der Waals surface area (Å²) < 4.78 is 0. The molecule has 1 aromatic carbocycles. The van der Waals surface area contributed by atoms with Crippen molar-refractivity contribution in [3.8, 4) is 0 Å². The van der Waals surface area contributed by atoms with Gasteiger partial charge >= 0.3 is 0 Å². The van der Waals surface area contributed by atoms with E-state index >= 15 is 0 Å². The van der Waals surface area contributed by atoms with Crippen molar-refractivity contribution in [2.24, 2.45) is 0 Å². The van der Waals surface area contributed by atoms with E-state index in [0.717, 1.165) is 29.7 Å². The van der Waals surface area contributed by atoms with Crippen LogP contribution in [0.25, 0.3) is 0 Å². The van der Waals surface area contributed by atoms with Crippen LogP contribution in [0, 0.1) is 0 Å². The molecule has 0 bridgehead atoms. The molecule has 1 rings (SSSR count). The molecule has 0 heterocycles. The summed E-state index contributed by atoms with van der Waals surface area (Å²) >= 11 is 0. The summed E-state index contributed by atoms with van der Waals surface area (Å²) in [5.74, 6) is -0.228. The number of hydrogen-bond acceptors (Lipinski definition) is 2. The zero-order valence-corrected chi connectivity index (χ0v) is 13.7. The zero-order chi connectivity index (χ0) is 16.0. The lowest BCUT2D eigenvalue weighted by atomic mass is 10.0. The van der Waals surface area contributed by atoms with Gasteiger partial charge in [0.25, 0.3) is 0 Å². The van der Waals surface area contributed by atoms with E-state index in [2.05, 4.69) is 19.2 Å². The second-order valence-electron chi connectivity index (χ2n) is 5.45. The van der Waals surface area contributed by atoms with Gasteiger partial charge in [0.2, 0.25) is 11.8 Å². The van der Waals surface area contributed by atoms with Crippen molar-refractivity contribution in [2.75, 3.05) is 11.9 Å². The van der Waals surface area contributed by atoms with Crippen LogP contribution in [0.5, 0.6) is 0 Å². The zero-order valence-electron chi connectivity index (χ0n) is 13.7. The van der Waals surface area contributed by atoms with Crippen molar-refractivity contribution in [1.82, 2.24) is 4.90 Å². The van der Waals surface area contributed by atoms with Crippen molar-refractivity contribution >= 4 is 17.5 Å². The van der Waals surface area contributed by atoms with Gasteiger partial charge in [-0.15, -0.1) is 0 Å². The molecule has 0 saturated carbocycles. The van der Waals surface area contributed by atoms with Crippen LogP contribution in [0.4, 0.5) is 5.69 Å². The van der Waals surface area contributed by atoms with Crippen molar-refractivity contribution in [3.63, 3.8) is 0 Å². The van der Waals surface area contributed by atoms with E-state index in [0.29, 0.717) is 0 Å². The number of nitrogens with zero attached hydrogens (tertiary/aromatic N) is 1. The minimum atomic E-state index is -0.144. The minimum Gasteiger partial charge on any atom is -0.331 e. The third kappa shape index (κ3) is 4.59. The molecule has 0 aromatic heterocycles. The van der Waals surface area contributed by atoms with Crippen LogP contribution in [-0.4, -0.2) is 29.3 Å². The van der Waals surface area contributed by atoms with Gasteiger partial charge < -0.3 is 10.2 Å². The topological polar surface area (TPSA) is 49.4 Å². The smallest absolute Gasteiger partial charge is 0.244 e. The third-order valence-electron chi connectivity index (χ3n) is 3.61. The fraction of sp³-hybridized carbons (Fsp3) is 0.529. The molecule has 116 valence electrons. The summed E-state index contributed by atoms with van der Waals surface area (Å²) in [6.07, 6.45) is 1.73. The highest BCUT2D eigenvalue weighted by atomic mass is 16.2. The molecular formula is C17H26N2O2. The first-order valence-electron chi connectivity index (χ1n) is 7.58. The molecule has 1 aromatic rings. The molecule has 4 heteroatoms. The van der Waals surface area contributed by atoms with Crippen molar-refractivity contribution in [3.05, 3.63) is 29.3 Å². The normalized spacial score (nSPS) is 10.6. The van der Waals surface area contributed by atoms with E-state index in [4.69, 9.17) is 0 Å². The monoisotopic (exact) mass is 290 g/mol. The molecule has 4 nitrogen and oxygen atoms in total. The Morgan fingerprint density at radius 2 is 1.67 bits per heavy atom. The quantitative estimate of drug-likeness (QED) is 0.875. The van der Waals surface area contributed by atoms with Gasteiger partial charge in [-0.25, -0.2) is 0 Å². The maximum Gasteiger partial charge on any atom is 0.244 e. The van der Waals surface area contributed by atoms with Gasteiger partial charge in [-0.1, -0.05) is 32.0 Å². The van der Waals surface area contributed by atoms with Crippen molar-refractivity contribution in [1.29, 1.82) is 0 Å². The number of hydrogen-bond donors (Lipinski definition) is 1. The summed E-state index contributed by atoms with van der Waals surface area (Å²) in [4.78, 5) is 25.4. The molecule has 0 saturated heterocycles. The molecule has 0 radical (unpaired) electrons. The molecule has 0 aliphatic carbocycles. The molecule has 0 fully saturated rings. The summed E-state index contributed by atoms with van der Waals surface area (Å²) in [5, 5.41) is 2.99. The predicted molar refractivity (Wildman–Crippen MR) is 86.4 cm³/mol. The summed E-state index contributed by atoms with van der Waals surface area (Å²) in [7, 11) is 0. The van der Waals surface area contributed by atoms with E-state index in [-0.39, 0.29) is 24.4 Å². The lowest BCUT2D eigenvalue weighted by molar-refractivity contribution is -0.134. The van der Waals surface area contributed by atoms with Crippen LogP contribution < -0.4 is 5.32 Å². The predicted octanol–water partition coefficient (Wildman–Crippen LogP) is 3.01. The highest BCUT2D eigenvalue weighted by molar-refractivity contribution is 5.95. The Morgan fingerprint density at radius 1 is 1.14 bits per heavy atom. The van der Waals surface area contributed by atoms with E-state index in [1.54, 1.807) is 4.90 Å². The largest absolute Gasteiger partial charge is 0.331 e. The molecule has 2 amide bonds. The van der Waals surface area contributed by atoms with Gasteiger partial charge in [0.05, 0.1) is 0 Å². The van der Waals surface area contributed by atoms with Crippen LogP contribution in [0.2, 0.25) is 0 Å². The van der Waals surface area contributed by atoms with Gasteiger partial charge in [0.1, 0.15) is 6.54 Å². The fourth-order valence-corrected chi connectivity index (χ4v) is 2.39. The Labute approximate surface area is 127 Å². The fourth-order valence-electron chi connectivity index (χ4n) is 2.39. The maximum absolute atomic E-state index is 12.3. The first-order valence-corrected chi connectivity index (χ1v) is 7.58. The molecule has 0 aliphatic heterocycles. The van der Waals surface area contributed by atoms with Crippen LogP contribution in [0.1, 0.15) is 45.7 Å². The standard InChI is InChI=1S/C17H26N2O2/c1-6-14-9-8-10-15(7-2)17(14)18-16(21)11-19(12(3)4)13(5)20/h8-10,12H,6-7,11H2,1-5H3,(H,18,21). The Morgan fingerprint density at radius 3 is 2.05 bits per heavy atom. The number of nitrogens with one attached hydrogen (secondary N) is 1. The number of aryl methyl sites for hydroxylation is 2. The number of rotatable bonds is 6. The second-order valence-corrected chi connectivity index (χ2v) is 5.45. The molecule has 1 N–H and O–H groups in total. The Hall–Kier alpha value is -1.84. The van der Waals surface area contributed by atoms with Gasteiger partial charge in [-0.05, 0) is 37.8 Å². The van der Waals surface area contributed by atoms with Gasteiger partial charge in [-0.2, -0.15) is 0 Å². The van der Waals surface area contributed by atoms with E-state index < -0.39 is 0 Å². The highest BCUT2D eigenvalue weighted by Gasteiger charge is 2.18. The molecule has 0 aliphatic rings. The molecule has 21 heavy (non-hydrogen) atoms. The van der Waals surface area contributed by atoms with Crippen LogP contribution in [0.3, 0.4) is 0 Å². The van der Waals surface area contributed by atoms with Crippen LogP contribution in [0.15, 0.2) is 18.2 Å². The molecule has 0 unspecified atom stereocenters. The van der Waals surface area contributed by atoms with Gasteiger partial charge in [0, 0.05) is 18.7 Å². The van der Waals surface area contributed by atoms with Gasteiger partial charge in [-0.3, -0.25) is 9.59 Å². The average molecular weight is 290 g/mol. The molecule has 0 atom stereocenters. The minimum absolute atomic E-state index is 0.0142. The van der Waals surface area contributed by atoms with Crippen molar-refractivity contribution in [2.45, 2.75) is 53.5 Å². The van der Waals surface area contributed by atoms with E-state index in [1.807, 2.05) is 32.0 Å². The number of carbonyl (C=O) groups is 2. The number of para-hydroxylation sites is 1. The third-order valence-corrected chi connectivity index (χ3v) is 3.61. The van der Waals surface area contributed by atoms with E-state index in [9.17, 15) is 9.59 Å². The summed E-state index contributed by atoms with van der Waals surface area (Å²) in [6, 6.07) is 6.09. The van der Waals surface area contributed by atoms with E-state index in [1.165, 1.54) is 6.92 Å². The van der Waals surface area contributed by atoms with Crippen molar-refractivity contribution < 1.29 is 9.59 Å². The Bertz CT molecular complexity index is 487. The number of carbonyl (C=O) groups excluding carboxylic acids is 2. The maximum atomic E-state index is 12.3. The highest BCUT2D eigenvalue weighted by Crippen LogP contribution is 2.22. The average Bonchev–Trinajstić information content (AvgIpc) is 2.44. The lowest BCUT2D eigenvalue weighted by Gasteiger charge is -2.25. The van der Waals surface area contributed by atoms with Crippen LogP contribution in [-0.2, 0) is 22.4 Å². The molecular weight excluding hydrogens is 264 g/mol. The van der Waals surface area contributed by atoms with Gasteiger partial charge in [0.15, 0.2) is 0 Å². The number of benzene rings is 1. The number of anilines is 1.